The van der Waals surface area contributed by atoms with E-state index in [2.05, 4.69) is 5.32 Å². The van der Waals surface area contributed by atoms with Crippen molar-refractivity contribution in [2.24, 2.45) is 0 Å². The molecule has 106 valence electrons. The van der Waals surface area contributed by atoms with Crippen LogP contribution >= 0.6 is 0 Å². The summed E-state index contributed by atoms with van der Waals surface area (Å²) in [4.78, 5) is 10.4. The first-order valence-electron chi connectivity index (χ1n) is 6.75. The molecule has 1 aliphatic rings. The minimum Gasteiger partial charge on any atom is -0.391 e. The quantitative estimate of drug-likeness (QED) is 0.501. The Morgan fingerprint density at radius 3 is 2.80 bits per heavy atom. The van der Waals surface area contributed by atoms with Gasteiger partial charge in [-0.1, -0.05) is 19.3 Å². The van der Waals surface area contributed by atoms with Gasteiger partial charge < -0.3 is 10.4 Å². The Morgan fingerprint density at radius 1 is 1.35 bits per heavy atom. The summed E-state index contributed by atoms with van der Waals surface area (Å²) in [5.41, 5.74) is 0.407. The molecule has 0 bridgehead atoms. The average Bonchev–Trinajstić information content (AvgIpc) is 2.64. The molecule has 1 aromatic carbocycles. The second kappa shape index (κ2) is 6.35. The predicted octanol–water partition coefficient (Wildman–Crippen LogP) is 2.57. The molecule has 0 heterocycles. The van der Waals surface area contributed by atoms with E-state index in [1.165, 1.54) is 12.1 Å². The highest BCUT2D eigenvalue weighted by molar-refractivity contribution is 5.59. The molecule has 1 fully saturated rings. The number of nitrogens with zero attached hydrogens (tertiary/aromatic N) is 2. The molecule has 2 N–H and O–H groups in total. The molecule has 0 aromatic heterocycles. The Morgan fingerprint density at radius 2 is 2.10 bits per heavy atom. The smallest absolute Gasteiger partial charge is 0.289 e. The molecule has 2 atom stereocenters. The summed E-state index contributed by atoms with van der Waals surface area (Å²) in [6.45, 7) is 0. The van der Waals surface area contributed by atoms with Crippen LogP contribution in [0.25, 0.3) is 0 Å². The third-order valence-electron chi connectivity index (χ3n) is 3.65. The summed E-state index contributed by atoms with van der Waals surface area (Å²) < 4.78 is 0. The molecule has 0 spiro atoms. The zero-order chi connectivity index (χ0) is 14.5. The number of hydrogen-bond donors (Lipinski definition) is 2. The van der Waals surface area contributed by atoms with E-state index in [1.54, 1.807) is 6.07 Å². The second-order valence-corrected chi connectivity index (χ2v) is 5.06. The number of anilines is 1. The summed E-state index contributed by atoms with van der Waals surface area (Å²) in [5, 5.41) is 33.0. The van der Waals surface area contributed by atoms with Crippen LogP contribution in [0.2, 0.25) is 0 Å². The molecule has 0 radical (unpaired) electrons. The standard InChI is InChI=1S/C14H17N3O3/c15-9-10-6-7-11(8-13(10)17(19)20)16-12-4-2-1-3-5-14(12)18/h6-8,12,14,16,18H,1-5H2. The zero-order valence-electron chi connectivity index (χ0n) is 11.1. The van der Waals surface area contributed by atoms with Crippen molar-refractivity contribution in [1.29, 1.82) is 5.26 Å². The van der Waals surface area contributed by atoms with Crippen LogP contribution in [0.4, 0.5) is 11.4 Å². The molecular weight excluding hydrogens is 258 g/mol. The Hall–Kier alpha value is -2.13. The molecule has 2 rings (SSSR count). The van der Waals surface area contributed by atoms with Crippen LogP contribution in [0.3, 0.4) is 0 Å². The van der Waals surface area contributed by atoms with Crippen LogP contribution < -0.4 is 5.32 Å². The van der Waals surface area contributed by atoms with Crippen molar-refractivity contribution in [3.05, 3.63) is 33.9 Å². The lowest BCUT2D eigenvalue weighted by Gasteiger charge is -2.22. The van der Waals surface area contributed by atoms with Crippen LogP contribution in [0, 0.1) is 21.4 Å². The fraction of sp³-hybridized carbons (Fsp3) is 0.500. The minimum atomic E-state index is -0.562. The van der Waals surface area contributed by atoms with Gasteiger partial charge in [0.25, 0.3) is 5.69 Å². The lowest BCUT2D eigenvalue weighted by molar-refractivity contribution is -0.385. The first-order valence-corrected chi connectivity index (χ1v) is 6.75. The number of benzene rings is 1. The SMILES string of the molecule is N#Cc1ccc(NC2CCCCCC2O)cc1[N+](=O)[O-]. The summed E-state index contributed by atoms with van der Waals surface area (Å²) in [6.07, 6.45) is 4.29. The summed E-state index contributed by atoms with van der Waals surface area (Å²) >= 11 is 0. The molecule has 20 heavy (non-hydrogen) atoms. The van der Waals surface area contributed by atoms with E-state index in [-0.39, 0.29) is 17.3 Å². The van der Waals surface area contributed by atoms with Crippen molar-refractivity contribution in [3.63, 3.8) is 0 Å². The lowest BCUT2D eigenvalue weighted by Crippen LogP contribution is -2.32. The van der Waals surface area contributed by atoms with Gasteiger partial charge in [-0.2, -0.15) is 5.26 Å². The predicted molar refractivity (Wildman–Crippen MR) is 74.3 cm³/mol. The van der Waals surface area contributed by atoms with Crippen molar-refractivity contribution >= 4 is 11.4 Å². The third-order valence-corrected chi connectivity index (χ3v) is 3.65. The van der Waals surface area contributed by atoms with Crippen molar-refractivity contribution in [1.82, 2.24) is 0 Å². The molecule has 1 aliphatic carbocycles. The van der Waals surface area contributed by atoms with Crippen LogP contribution in [0.15, 0.2) is 18.2 Å². The van der Waals surface area contributed by atoms with Gasteiger partial charge in [-0.15, -0.1) is 0 Å². The Bertz CT molecular complexity index is 539. The van der Waals surface area contributed by atoms with E-state index < -0.39 is 11.0 Å². The first kappa shape index (κ1) is 14.3. The Balaban J connectivity index is 2.19. The molecule has 0 amide bonds. The number of rotatable bonds is 3. The van der Waals surface area contributed by atoms with Crippen molar-refractivity contribution < 1.29 is 10.0 Å². The Kier molecular flexibility index (Phi) is 4.53. The highest BCUT2D eigenvalue weighted by Crippen LogP contribution is 2.26. The van der Waals surface area contributed by atoms with E-state index in [0.29, 0.717) is 5.69 Å². The number of nitro groups is 1. The van der Waals surface area contributed by atoms with Gasteiger partial charge in [-0.3, -0.25) is 10.1 Å². The maximum absolute atomic E-state index is 10.9. The van der Waals surface area contributed by atoms with Gasteiger partial charge in [-0.25, -0.2) is 0 Å². The molecule has 1 saturated carbocycles. The molecular formula is C14H17N3O3. The molecule has 2 unspecified atom stereocenters. The van der Waals surface area contributed by atoms with Gasteiger partial charge >= 0.3 is 0 Å². The average molecular weight is 275 g/mol. The summed E-state index contributed by atoms with van der Waals surface area (Å²) in [6, 6.07) is 6.15. The largest absolute Gasteiger partial charge is 0.391 e. The van der Waals surface area contributed by atoms with Crippen molar-refractivity contribution in [2.75, 3.05) is 5.32 Å². The topological polar surface area (TPSA) is 99.2 Å². The van der Waals surface area contributed by atoms with E-state index in [0.717, 1.165) is 32.1 Å². The van der Waals surface area contributed by atoms with Crippen LogP contribution in [-0.4, -0.2) is 22.2 Å². The molecule has 1 aromatic rings. The van der Waals surface area contributed by atoms with Gasteiger partial charge in [0, 0.05) is 11.8 Å². The number of nitriles is 1. The number of nitrogens with one attached hydrogen (secondary N) is 1. The molecule has 0 saturated heterocycles. The monoisotopic (exact) mass is 275 g/mol. The van der Waals surface area contributed by atoms with Crippen molar-refractivity contribution in [2.45, 2.75) is 44.2 Å². The molecule has 6 heteroatoms. The van der Waals surface area contributed by atoms with Gasteiger partial charge in [-0.05, 0) is 25.0 Å². The van der Waals surface area contributed by atoms with Gasteiger partial charge in [0.1, 0.15) is 11.6 Å². The highest BCUT2D eigenvalue weighted by Gasteiger charge is 2.22. The van der Waals surface area contributed by atoms with E-state index in [1.807, 2.05) is 6.07 Å². The summed E-state index contributed by atoms with van der Waals surface area (Å²) in [5.74, 6) is 0. The normalized spacial score (nSPS) is 22.6. The van der Waals surface area contributed by atoms with Gasteiger partial charge in [0.2, 0.25) is 0 Å². The maximum atomic E-state index is 10.9. The highest BCUT2D eigenvalue weighted by atomic mass is 16.6. The number of aliphatic hydroxyl groups is 1. The Labute approximate surface area is 117 Å². The summed E-state index contributed by atoms with van der Waals surface area (Å²) in [7, 11) is 0. The van der Waals surface area contributed by atoms with E-state index in [9.17, 15) is 15.2 Å². The maximum Gasteiger partial charge on any atom is 0.289 e. The van der Waals surface area contributed by atoms with Crippen molar-refractivity contribution in [3.8, 4) is 6.07 Å². The lowest BCUT2D eigenvalue weighted by atomic mass is 10.1. The third kappa shape index (κ3) is 3.25. The van der Waals surface area contributed by atoms with E-state index >= 15 is 0 Å². The zero-order valence-corrected chi connectivity index (χ0v) is 11.1. The second-order valence-electron chi connectivity index (χ2n) is 5.06. The van der Waals surface area contributed by atoms with E-state index in [4.69, 9.17) is 5.26 Å². The molecule has 0 aliphatic heterocycles. The van der Waals surface area contributed by atoms with Crippen LogP contribution in [-0.2, 0) is 0 Å². The van der Waals surface area contributed by atoms with Gasteiger partial charge in [0.05, 0.1) is 17.1 Å². The number of hydrogen-bond acceptors (Lipinski definition) is 5. The van der Waals surface area contributed by atoms with Crippen LogP contribution in [0.5, 0.6) is 0 Å². The fourth-order valence-corrected chi connectivity index (χ4v) is 2.54. The van der Waals surface area contributed by atoms with Crippen LogP contribution in [0.1, 0.15) is 37.7 Å². The number of aliphatic hydroxyl groups excluding tert-OH is 1. The number of nitro benzene ring substituents is 1. The van der Waals surface area contributed by atoms with Gasteiger partial charge in [0.15, 0.2) is 0 Å². The first-order chi connectivity index (χ1) is 9.61. The molecule has 6 nitrogen and oxygen atoms in total. The minimum absolute atomic E-state index is 0.0435. The fourth-order valence-electron chi connectivity index (χ4n) is 2.54.